The molecule has 0 aromatic carbocycles. The van der Waals surface area contributed by atoms with E-state index in [1.165, 1.54) is 32.1 Å². The van der Waals surface area contributed by atoms with Crippen molar-refractivity contribution < 1.29 is 13.3 Å². The van der Waals surface area contributed by atoms with Gasteiger partial charge in [-0.25, -0.2) is 0 Å². The maximum atomic E-state index is 5.36. The molecule has 0 spiro atoms. The minimum Gasteiger partial charge on any atom is -0.377 e. The molecule has 0 aliphatic carbocycles. The van der Waals surface area contributed by atoms with Gasteiger partial charge in [-0.2, -0.15) is 0 Å². The van der Waals surface area contributed by atoms with E-state index in [2.05, 4.69) is 6.92 Å². The first-order chi connectivity index (χ1) is 7.24. The molecule has 16 heavy (non-hydrogen) atoms. The number of unbranched alkanes of at least 4 members (excludes halogenated alkanes) is 5. The first-order valence-electron chi connectivity index (χ1n) is 5.90. The van der Waals surface area contributed by atoms with Crippen LogP contribution in [0.15, 0.2) is 0 Å². The summed E-state index contributed by atoms with van der Waals surface area (Å²) in [7, 11) is 2.74. The first-order valence-corrected chi connectivity index (χ1v) is 7.83. The van der Waals surface area contributed by atoms with E-state index in [1.807, 2.05) is 0 Å². The number of hydrogen-bond donors (Lipinski definition) is 0. The summed E-state index contributed by atoms with van der Waals surface area (Å²) in [5, 5.41) is 0. The van der Waals surface area contributed by atoms with Crippen molar-refractivity contribution in [1.82, 2.24) is 0 Å². The van der Waals surface area contributed by atoms with Gasteiger partial charge in [-0.1, -0.05) is 46.5 Å². The molecule has 0 atom stereocenters. The summed E-state index contributed by atoms with van der Waals surface area (Å²) in [6.45, 7) is 2.23. The van der Waals surface area contributed by atoms with Crippen LogP contribution in [0, 0.1) is 7.43 Å². The zero-order chi connectivity index (χ0) is 11.6. The lowest BCUT2D eigenvalue weighted by atomic mass is 10.1. The van der Waals surface area contributed by atoms with Crippen molar-refractivity contribution in [3.8, 4) is 0 Å². The monoisotopic (exact) mass is 249 g/mol. The van der Waals surface area contributed by atoms with E-state index >= 15 is 0 Å². The van der Waals surface area contributed by atoms with Crippen molar-refractivity contribution in [2.45, 2.75) is 51.5 Å². The van der Waals surface area contributed by atoms with Crippen molar-refractivity contribution >= 4 is 8.80 Å². The van der Waals surface area contributed by atoms with Crippen LogP contribution in [0.3, 0.4) is 0 Å². The Morgan fingerprint density at radius 2 is 1.19 bits per heavy atom. The average Bonchev–Trinajstić information content (AvgIpc) is 2.29. The molecule has 0 unspecified atom stereocenters. The topological polar surface area (TPSA) is 27.7 Å². The highest BCUT2D eigenvalue weighted by Crippen LogP contribution is 2.17. The van der Waals surface area contributed by atoms with Crippen LogP contribution < -0.4 is 0 Å². The highest BCUT2D eigenvalue weighted by Gasteiger charge is 2.36. The summed E-state index contributed by atoms with van der Waals surface area (Å²) < 4.78 is 16.1. The van der Waals surface area contributed by atoms with Gasteiger partial charge in [0.15, 0.2) is 0 Å². The predicted molar refractivity (Wildman–Crippen MR) is 71.4 cm³/mol. The van der Waals surface area contributed by atoms with Gasteiger partial charge in [0, 0.05) is 27.4 Å². The summed E-state index contributed by atoms with van der Waals surface area (Å²) >= 11 is 0. The van der Waals surface area contributed by atoms with Gasteiger partial charge in [0.05, 0.1) is 0 Å². The molecule has 1 radical (unpaired) electrons. The summed E-state index contributed by atoms with van der Waals surface area (Å²) in [5.74, 6) is 0. The van der Waals surface area contributed by atoms with Crippen molar-refractivity contribution in [3.05, 3.63) is 7.43 Å². The van der Waals surface area contributed by atoms with Gasteiger partial charge in [-0.05, 0) is 6.42 Å². The molecule has 0 saturated heterocycles. The fraction of sp³-hybridized carbons (Fsp3) is 0.917. The normalized spacial score (nSPS) is 11.2. The maximum Gasteiger partial charge on any atom is 0.500 e. The second kappa shape index (κ2) is 11.6. The Kier molecular flexibility index (Phi) is 13.4. The van der Waals surface area contributed by atoms with Crippen LogP contribution in [-0.2, 0) is 13.3 Å². The van der Waals surface area contributed by atoms with E-state index in [4.69, 9.17) is 13.3 Å². The minimum atomic E-state index is -2.29. The van der Waals surface area contributed by atoms with E-state index in [9.17, 15) is 0 Å². The molecule has 3 nitrogen and oxygen atoms in total. The summed E-state index contributed by atoms with van der Waals surface area (Å²) in [6, 6.07) is 0.933. The van der Waals surface area contributed by atoms with Gasteiger partial charge in [-0.3, -0.25) is 0 Å². The number of rotatable bonds is 10. The molecule has 0 aliphatic heterocycles. The van der Waals surface area contributed by atoms with Gasteiger partial charge in [0.1, 0.15) is 0 Å². The third-order valence-corrected chi connectivity index (χ3v) is 5.60. The molecule has 0 bridgehead atoms. The van der Waals surface area contributed by atoms with Gasteiger partial charge in [0.2, 0.25) is 0 Å². The fourth-order valence-corrected chi connectivity index (χ4v) is 3.47. The Labute approximate surface area is 103 Å². The highest BCUT2D eigenvalue weighted by atomic mass is 28.4. The average molecular weight is 249 g/mol. The minimum absolute atomic E-state index is 0. The summed E-state index contributed by atoms with van der Waals surface area (Å²) in [6.07, 6.45) is 7.71. The van der Waals surface area contributed by atoms with Crippen LogP contribution in [0.1, 0.15) is 45.4 Å². The molecule has 99 valence electrons. The van der Waals surface area contributed by atoms with Gasteiger partial charge in [0.25, 0.3) is 0 Å². The molecule has 0 saturated carbocycles. The van der Waals surface area contributed by atoms with Crippen LogP contribution in [0.2, 0.25) is 6.04 Å². The Bertz CT molecular complexity index is 130. The highest BCUT2D eigenvalue weighted by molar-refractivity contribution is 6.60. The van der Waals surface area contributed by atoms with Crippen molar-refractivity contribution in [3.63, 3.8) is 0 Å². The van der Waals surface area contributed by atoms with Crippen molar-refractivity contribution in [2.24, 2.45) is 0 Å². The molecule has 0 aromatic rings. The molecule has 0 fully saturated rings. The smallest absolute Gasteiger partial charge is 0.377 e. The van der Waals surface area contributed by atoms with E-state index in [0.717, 1.165) is 12.5 Å². The molecule has 0 heterocycles. The van der Waals surface area contributed by atoms with Gasteiger partial charge < -0.3 is 13.3 Å². The SMILES string of the molecule is CCCCCCCC[Si](OC)(OC)OC.[CH3]. The van der Waals surface area contributed by atoms with E-state index in [1.54, 1.807) is 21.3 Å². The Hall–Kier alpha value is 0.0969. The second-order valence-corrected chi connectivity index (χ2v) is 6.90. The lowest BCUT2D eigenvalue weighted by Gasteiger charge is -2.24. The van der Waals surface area contributed by atoms with E-state index < -0.39 is 8.80 Å². The van der Waals surface area contributed by atoms with E-state index in [-0.39, 0.29) is 7.43 Å². The van der Waals surface area contributed by atoms with Gasteiger partial charge >= 0.3 is 8.80 Å². The van der Waals surface area contributed by atoms with Crippen LogP contribution in [-0.4, -0.2) is 30.1 Å². The molecule has 0 amide bonds. The van der Waals surface area contributed by atoms with Crippen LogP contribution in [0.5, 0.6) is 0 Å². The zero-order valence-electron chi connectivity index (χ0n) is 11.7. The lowest BCUT2D eigenvalue weighted by Crippen LogP contribution is -2.42. The molecule has 0 rings (SSSR count). The molecule has 0 aromatic heterocycles. The van der Waals surface area contributed by atoms with Crippen LogP contribution in [0.4, 0.5) is 0 Å². The third-order valence-electron chi connectivity index (χ3n) is 2.77. The quantitative estimate of drug-likeness (QED) is 0.437. The van der Waals surface area contributed by atoms with E-state index in [0.29, 0.717) is 0 Å². The maximum absolute atomic E-state index is 5.36. The zero-order valence-corrected chi connectivity index (χ0v) is 12.7. The first kappa shape index (κ1) is 18.5. The molecular weight excluding hydrogens is 220 g/mol. The largest absolute Gasteiger partial charge is 0.500 e. The molecule has 4 heteroatoms. The lowest BCUT2D eigenvalue weighted by molar-refractivity contribution is 0.122. The molecular formula is C12H29O3Si. The molecule has 0 aliphatic rings. The second-order valence-electron chi connectivity index (χ2n) is 3.81. The third kappa shape index (κ3) is 7.38. The molecule has 0 N–H and O–H groups in total. The van der Waals surface area contributed by atoms with Crippen molar-refractivity contribution in [2.75, 3.05) is 21.3 Å². The summed E-state index contributed by atoms with van der Waals surface area (Å²) in [5.41, 5.74) is 0. The Morgan fingerprint density at radius 3 is 1.62 bits per heavy atom. The van der Waals surface area contributed by atoms with Crippen LogP contribution in [0.25, 0.3) is 0 Å². The fourth-order valence-electron chi connectivity index (χ4n) is 1.68. The Morgan fingerprint density at radius 1 is 0.750 bits per heavy atom. The van der Waals surface area contributed by atoms with Crippen molar-refractivity contribution in [1.29, 1.82) is 0 Å². The standard InChI is InChI=1S/C11H26O3Si.CH3/c1-5-6-7-8-9-10-11-15(12-2,13-3)14-4;/h5-11H2,1-4H3;1H3. The van der Waals surface area contributed by atoms with Crippen LogP contribution >= 0.6 is 0 Å². The summed E-state index contributed by atoms with van der Waals surface area (Å²) in [4.78, 5) is 0. The predicted octanol–water partition coefficient (Wildman–Crippen LogP) is 3.68. The van der Waals surface area contributed by atoms with Gasteiger partial charge in [-0.15, -0.1) is 0 Å². The Balaban J connectivity index is 0. The number of hydrogen-bond acceptors (Lipinski definition) is 3.